The maximum absolute atomic E-state index is 12.5. The lowest BCUT2D eigenvalue weighted by Crippen LogP contribution is -2.26. The third-order valence-corrected chi connectivity index (χ3v) is 2.88. The molecule has 0 radical (unpaired) electrons. The Morgan fingerprint density at radius 2 is 2.13 bits per heavy atom. The standard InChI is InChI=1S/C12H15F2N/c13-12(14)10-5-3-4-9(8-10)11-6-1-2-7-15-11/h3-5,8,11-12,15H,1-2,6-7H2. The monoisotopic (exact) mass is 211 g/mol. The van der Waals surface area contributed by atoms with E-state index in [0.717, 1.165) is 18.5 Å². The fourth-order valence-corrected chi connectivity index (χ4v) is 2.05. The van der Waals surface area contributed by atoms with Gasteiger partial charge in [0.1, 0.15) is 0 Å². The molecule has 1 nitrogen and oxygen atoms in total. The van der Waals surface area contributed by atoms with Gasteiger partial charge in [0.15, 0.2) is 0 Å². The summed E-state index contributed by atoms with van der Waals surface area (Å²) in [6.07, 6.45) is 1.04. The van der Waals surface area contributed by atoms with Gasteiger partial charge in [0.2, 0.25) is 0 Å². The molecule has 0 aliphatic carbocycles. The van der Waals surface area contributed by atoms with Crippen LogP contribution in [-0.2, 0) is 0 Å². The van der Waals surface area contributed by atoms with Crippen molar-refractivity contribution in [3.8, 4) is 0 Å². The first-order valence-corrected chi connectivity index (χ1v) is 5.39. The van der Waals surface area contributed by atoms with E-state index in [1.54, 1.807) is 12.1 Å². The largest absolute Gasteiger partial charge is 0.310 e. The van der Waals surface area contributed by atoms with Crippen LogP contribution in [0.15, 0.2) is 24.3 Å². The Balaban J connectivity index is 2.16. The molecule has 0 aromatic heterocycles. The van der Waals surface area contributed by atoms with E-state index in [1.807, 2.05) is 6.07 Å². The van der Waals surface area contributed by atoms with Crippen LogP contribution in [0, 0.1) is 0 Å². The normalized spacial score (nSPS) is 21.9. The van der Waals surface area contributed by atoms with Gasteiger partial charge in [-0.15, -0.1) is 0 Å². The van der Waals surface area contributed by atoms with Gasteiger partial charge >= 0.3 is 0 Å². The molecule has 0 saturated carbocycles. The van der Waals surface area contributed by atoms with E-state index in [9.17, 15) is 8.78 Å². The number of hydrogen-bond acceptors (Lipinski definition) is 1. The highest BCUT2D eigenvalue weighted by Crippen LogP contribution is 2.26. The van der Waals surface area contributed by atoms with Crippen LogP contribution in [0.25, 0.3) is 0 Å². The third-order valence-electron chi connectivity index (χ3n) is 2.88. The van der Waals surface area contributed by atoms with E-state index >= 15 is 0 Å². The summed E-state index contributed by atoms with van der Waals surface area (Å²) in [5.41, 5.74) is 1.12. The lowest BCUT2D eigenvalue weighted by molar-refractivity contribution is 0.151. The molecule has 1 fully saturated rings. The molecule has 1 aromatic rings. The van der Waals surface area contributed by atoms with Crippen LogP contribution in [-0.4, -0.2) is 6.54 Å². The summed E-state index contributed by atoms with van der Waals surface area (Å²) in [4.78, 5) is 0. The molecule has 82 valence electrons. The molecule has 1 saturated heterocycles. The van der Waals surface area contributed by atoms with Gasteiger partial charge in [-0.05, 0) is 31.0 Å². The lowest BCUT2D eigenvalue weighted by atomic mass is 9.96. The zero-order valence-corrected chi connectivity index (χ0v) is 8.55. The van der Waals surface area contributed by atoms with Crippen LogP contribution >= 0.6 is 0 Å². The molecular weight excluding hydrogens is 196 g/mol. The van der Waals surface area contributed by atoms with E-state index in [-0.39, 0.29) is 11.6 Å². The first-order valence-electron chi connectivity index (χ1n) is 5.39. The Morgan fingerprint density at radius 1 is 1.27 bits per heavy atom. The molecule has 0 bridgehead atoms. The molecule has 1 atom stereocenters. The van der Waals surface area contributed by atoms with Gasteiger partial charge in [-0.1, -0.05) is 24.6 Å². The first-order chi connectivity index (χ1) is 7.27. The fourth-order valence-electron chi connectivity index (χ4n) is 2.05. The lowest BCUT2D eigenvalue weighted by Gasteiger charge is -2.24. The van der Waals surface area contributed by atoms with Gasteiger partial charge < -0.3 is 5.32 Å². The number of alkyl halides is 2. The van der Waals surface area contributed by atoms with Crippen molar-refractivity contribution < 1.29 is 8.78 Å². The minimum absolute atomic E-state index is 0.125. The molecule has 1 N–H and O–H groups in total. The highest BCUT2D eigenvalue weighted by Gasteiger charge is 2.16. The minimum Gasteiger partial charge on any atom is -0.310 e. The van der Waals surface area contributed by atoms with Gasteiger partial charge in [0.25, 0.3) is 6.43 Å². The van der Waals surface area contributed by atoms with Crippen molar-refractivity contribution in [3.05, 3.63) is 35.4 Å². The molecule has 1 aliphatic rings. The first kappa shape index (κ1) is 10.6. The van der Waals surface area contributed by atoms with Crippen molar-refractivity contribution in [2.75, 3.05) is 6.54 Å². The van der Waals surface area contributed by atoms with E-state index < -0.39 is 6.43 Å². The summed E-state index contributed by atoms with van der Waals surface area (Å²) in [6.45, 7) is 0.990. The number of nitrogens with one attached hydrogen (secondary N) is 1. The Morgan fingerprint density at radius 3 is 2.80 bits per heavy atom. The summed E-state index contributed by atoms with van der Waals surface area (Å²) >= 11 is 0. The van der Waals surface area contributed by atoms with Crippen LogP contribution in [0.5, 0.6) is 0 Å². The quantitative estimate of drug-likeness (QED) is 0.790. The third kappa shape index (κ3) is 2.53. The van der Waals surface area contributed by atoms with Gasteiger partial charge in [0.05, 0.1) is 0 Å². The zero-order valence-electron chi connectivity index (χ0n) is 8.55. The number of rotatable bonds is 2. The molecule has 1 unspecified atom stereocenters. The topological polar surface area (TPSA) is 12.0 Å². The molecule has 1 aromatic carbocycles. The van der Waals surface area contributed by atoms with Crippen LogP contribution in [0.4, 0.5) is 8.78 Å². The highest BCUT2D eigenvalue weighted by molar-refractivity contribution is 5.27. The number of piperidine rings is 1. The Labute approximate surface area is 88.5 Å². The second kappa shape index (κ2) is 4.71. The molecule has 2 rings (SSSR count). The van der Waals surface area contributed by atoms with E-state index in [0.29, 0.717) is 0 Å². The van der Waals surface area contributed by atoms with Crippen molar-refractivity contribution in [1.82, 2.24) is 5.32 Å². The average molecular weight is 211 g/mol. The molecule has 15 heavy (non-hydrogen) atoms. The summed E-state index contributed by atoms with van der Waals surface area (Å²) in [5.74, 6) is 0. The van der Waals surface area contributed by atoms with Gasteiger partial charge in [0, 0.05) is 11.6 Å². The van der Waals surface area contributed by atoms with Crippen molar-refractivity contribution in [1.29, 1.82) is 0 Å². The van der Waals surface area contributed by atoms with Crippen LogP contribution in [0.2, 0.25) is 0 Å². The summed E-state index contributed by atoms with van der Waals surface area (Å²) in [5, 5.41) is 3.36. The van der Waals surface area contributed by atoms with E-state index in [4.69, 9.17) is 0 Å². The van der Waals surface area contributed by atoms with Crippen LogP contribution < -0.4 is 5.32 Å². The summed E-state index contributed by atoms with van der Waals surface area (Å²) < 4.78 is 25.0. The minimum atomic E-state index is -2.37. The Bertz CT molecular complexity index is 319. The van der Waals surface area contributed by atoms with Crippen molar-refractivity contribution in [3.63, 3.8) is 0 Å². The predicted octanol–water partition coefficient (Wildman–Crippen LogP) is 3.44. The second-order valence-corrected chi connectivity index (χ2v) is 3.97. The average Bonchev–Trinajstić information content (AvgIpc) is 2.30. The number of halogens is 2. The summed E-state index contributed by atoms with van der Waals surface area (Å²) in [7, 11) is 0. The molecule has 3 heteroatoms. The molecule has 0 spiro atoms. The SMILES string of the molecule is FC(F)c1cccc(C2CCCCN2)c1. The maximum atomic E-state index is 12.5. The highest BCUT2D eigenvalue weighted by atomic mass is 19.3. The fraction of sp³-hybridized carbons (Fsp3) is 0.500. The number of hydrogen-bond donors (Lipinski definition) is 1. The Hall–Kier alpha value is -0.960. The molecule has 1 aliphatic heterocycles. The van der Waals surface area contributed by atoms with Gasteiger partial charge in [-0.2, -0.15) is 0 Å². The van der Waals surface area contributed by atoms with Crippen LogP contribution in [0.1, 0.15) is 42.9 Å². The van der Waals surface area contributed by atoms with E-state index in [1.165, 1.54) is 18.9 Å². The van der Waals surface area contributed by atoms with Gasteiger partial charge in [-0.25, -0.2) is 8.78 Å². The van der Waals surface area contributed by atoms with Crippen molar-refractivity contribution >= 4 is 0 Å². The zero-order chi connectivity index (χ0) is 10.7. The molecule has 0 amide bonds. The molecular formula is C12H15F2N. The van der Waals surface area contributed by atoms with Crippen molar-refractivity contribution in [2.24, 2.45) is 0 Å². The maximum Gasteiger partial charge on any atom is 0.263 e. The number of benzene rings is 1. The Kier molecular flexibility index (Phi) is 3.31. The molecule has 1 heterocycles. The predicted molar refractivity (Wildman–Crippen MR) is 56.0 cm³/mol. The summed E-state index contributed by atoms with van der Waals surface area (Å²) in [6, 6.07) is 7.00. The van der Waals surface area contributed by atoms with E-state index in [2.05, 4.69) is 5.32 Å². The van der Waals surface area contributed by atoms with Crippen LogP contribution in [0.3, 0.4) is 0 Å². The smallest absolute Gasteiger partial charge is 0.263 e. The van der Waals surface area contributed by atoms with Crippen molar-refractivity contribution in [2.45, 2.75) is 31.7 Å². The second-order valence-electron chi connectivity index (χ2n) is 3.97. The van der Waals surface area contributed by atoms with Gasteiger partial charge in [-0.3, -0.25) is 0 Å².